The zero-order chi connectivity index (χ0) is 121. The molecule has 0 saturated carbocycles. The third-order valence-corrected chi connectivity index (χ3v) is 16.5. The Morgan fingerprint density at radius 1 is 0.168 bits per heavy atom. The molecular formula is C138H228N4O7. The Labute approximate surface area is 922 Å². The van der Waals surface area contributed by atoms with Gasteiger partial charge in [-0.05, 0) is 300 Å². The van der Waals surface area contributed by atoms with Crippen molar-refractivity contribution in [3.8, 4) is 0 Å². The van der Waals surface area contributed by atoms with Crippen molar-refractivity contribution in [2.75, 3.05) is 28.2 Å². The van der Waals surface area contributed by atoms with Crippen molar-refractivity contribution < 1.29 is 33.6 Å². The number of hydrogen-bond donors (Lipinski definition) is 0. The van der Waals surface area contributed by atoms with E-state index in [-0.39, 0.29) is 0 Å². The van der Waals surface area contributed by atoms with E-state index in [0.29, 0.717) is 0 Å². The Kier molecular flexibility index (Phi) is 172. The first-order valence-corrected chi connectivity index (χ1v) is 54.4. The Bertz CT molecular complexity index is 4500. The van der Waals surface area contributed by atoms with Crippen LogP contribution in [0.3, 0.4) is 0 Å². The van der Waals surface area contributed by atoms with Gasteiger partial charge in [-0.25, -0.2) is 0 Å². The molecule has 13 aromatic carbocycles. The van der Waals surface area contributed by atoms with Crippen LogP contribution in [0.15, 0.2) is 277 Å². The lowest BCUT2D eigenvalue weighted by Gasteiger charge is -2.03. The average Bonchev–Trinajstić information content (AvgIpc) is 0.822. The zero-order valence-corrected chi connectivity index (χ0v) is 107. The van der Waals surface area contributed by atoms with Gasteiger partial charge in [0.2, 0.25) is 0 Å². The van der Waals surface area contributed by atoms with E-state index in [0.717, 1.165) is 55.4 Å². The summed E-state index contributed by atoms with van der Waals surface area (Å²) in [4.78, 5) is 61.6. The minimum Gasteiger partial charge on any atom is -0.304 e. The molecule has 13 aromatic rings. The monoisotopic (exact) mass is 2050 g/mol. The zero-order valence-electron chi connectivity index (χ0n) is 107. The van der Waals surface area contributed by atoms with Crippen molar-refractivity contribution in [1.29, 1.82) is 0 Å². The number of hydrogen-bond acceptors (Lipinski definition) is 11. The van der Waals surface area contributed by atoms with Gasteiger partial charge in [-0.15, -0.1) is 0 Å². The number of rotatable bonds is 2. The number of carbonyl (C=O) groups excluding carboxylic acids is 7. The van der Waals surface area contributed by atoms with Gasteiger partial charge < -0.3 is 43.6 Å². The minimum absolute atomic E-state index is 0.750. The number of nitrogens with zero attached hydrogens (tertiary/aromatic N) is 4. The van der Waals surface area contributed by atoms with E-state index in [9.17, 15) is 0 Å². The van der Waals surface area contributed by atoms with E-state index >= 15 is 0 Å². The first kappa shape index (κ1) is 179. The fourth-order valence-electron chi connectivity index (χ4n) is 10.5. The van der Waals surface area contributed by atoms with Gasteiger partial charge in [0, 0.05) is 39.6 Å². The van der Waals surface area contributed by atoms with E-state index < -0.39 is 0 Å². The smallest absolute Gasteiger partial charge is 0.116 e. The van der Waals surface area contributed by atoms with E-state index in [1.807, 2.05) is 236 Å². The Morgan fingerprint density at radius 2 is 0.295 bits per heavy atom. The highest BCUT2D eigenvalue weighted by Gasteiger charge is 2.01. The molecule has 0 N–H and O–H groups in total. The normalized spacial score (nSPS) is 7.75. The standard InChI is InChI=1S/4C12H12.5C8H10.2C5H12N2.7C2H4O.13C2H6/c1-9-3-5-12-8-10(2)4-6-11(12)7-9;1-9-5-3-8-12-10(2)6-4-7-11(9)12;2*1-9-7-8-10(2)12-6-4-3-5-11(9)12;2*1-7-3-5-8(2)6-4-7;1-7-4-3-5-8(2)6-7;2*1-7-5-3-4-6-8(7)2;2*1-5(2)6-7(3)4;7*1-2-3;13*1-2/h4*3-8H,1-2H3;5*3-6H,1-2H3;2*1-4H3;7*2H,1H3;13*1-2H3. The lowest BCUT2D eigenvalue weighted by atomic mass is 10.0. The molecule has 0 unspecified atom stereocenters. The van der Waals surface area contributed by atoms with Crippen LogP contribution in [0.2, 0.25) is 0 Å². The molecule has 0 aromatic heterocycles. The van der Waals surface area contributed by atoms with Crippen LogP contribution in [0.5, 0.6) is 0 Å². The van der Waals surface area contributed by atoms with Gasteiger partial charge in [0.15, 0.2) is 0 Å². The Balaban J connectivity index is -0.0000000763. The summed E-state index contributed by atoms with van der Waals surface area (Å²) >= 11 is 0. The summed E-state index contributed by atoms with van der Waals surface area (Å²) in [6, 6.07) is 93.9. The van der Waals surface area contributed by atoms with Crippen molar-refractivity contribution in [2.45, 2.75) is 381 Å². The Morgan fingerprint density at radius 3 is 0.430 bits per heavy atom. The van der Waals surface area contributed by atoms with Crippen LogP contribution in [-0.2, 0) is 33.6 Å². The van der Waals surface area contributed by atoms with Gasteiger partial charge in [0.05, 0.1) is 0 Å². The van der Waals surface area contributed by atoms with Crippen molar-refractivity contribution in [1.82, 2.24) is 10.0 Å². The van der Waals surface area contributed by atoms with Crippen LogP contribution in [-0.4, -0.2) is 93.6 Å². The molecule has 11 heteroatoms. The maximum atomic E-state index is 8.81. The molecule has 0 amide bonds. The highest BCUT2D eigenvalue weighted by molar-refractivity contribution is 5.90. The van der Waals surface area contributed by atoms with E-state index in [1.54, 1.807) is 10.0 Å². The summed E-state index contributed by atoms with van der Waals surface area (Å²) in [5.41, 5.74) is 26.4. The molecule has 149 heavy (non-hydrogen) atoms. The number of benzene rings is 13. The first-order valence-electron chi connectivity index (χ1n) is 54.4. The van der Waals surface area contributed by atoms with Crippen LogP contribution in [0, 0.1) is 125 Å². The second-order valence-corrected chi connectivity index (χ2v) is 29.2. The molecule has 0 atom stereocenters. The fourth-order valence-corrected chi connectivity index (χ4v) is 10.5. The van der Waals surface area contributed by atoms with Crippen molar-refractivity contribution in [2.24, 2.45) is 10.2 Å². The molecule has 11 nitrogen and oxygen atoms in total. The van der Waals surface area contributed by atoms with E-state index in [1.165, 1.54) is 192 Å². The summed E-state index contributed by atoms with van der Waals surface area (Å²) in [7, 11) is 7.64. The van der Waals surface area contributed by atoms with E-state index in [4.69, 9.17) is 33.6 Å². The molecule has 0 radical (unpaired) electrons. The molecule has 0 heterocycles. The van der Waals surface area contributed by atoms with Crippen molar-refractivity contribution >= 4 is 98.5 Å². The third-order valence-electron chi connectivity index (χ3n) is 16.5. The summed E-state index contributed by atoms with van der Waals surface area (Å²) in [5, 5.41) is 22.5. The predicted molar refractivity (Wildman–Crippen MR) is 688 cm³/mol. The molecule has 0 fully saturated rings. The summed E-state index contributed by atoms with van der Waals surface area (Å²) in [6.07, 6.45) is 5.25. The summed E-state index contributed by atoms with van der Waals surface area (Å²) < 4.78 is 0. The molecular weight excluding hydrogens is 1830 g/mol. The molecule has 0 bridgehead atoms. The second kappa shape index (κ2) is 144. The van der Waals surface area contributed by atoms with Gasteiger partial charge in [-0.1, -0.05) is 491 Å². The van der Waals surface area contributed by atoms with Gasteiger partial charge >= 0.3 is 0 Å². The highest BCUT2D eigenvalue weighted by atomic mass is 16.1. The molecule has 0 aliphatic rings. The van der Waals surface area contributed by atoms with Gasteiger partial charge in [0.1, 0.15) is 44.0 Å². The number of aryl methyl sites for hydroxylation is 18. The maximum Gasteiger partial charge on any atom is 0.116 e. The largest absolute Gasteiger partial charge is 0.304 e. The molecule has 842 valence electrons. The maximum absolute atomic E-state index is 8.81. The first-order chi connectivity index (χ1) is 71.2. The molecule has 0 saturated heterocycles. The van der Waals surface area contributed by atoms with Crippen LogP contribution in [0.1, 0.15) is 356 Å². The summed E-state index contributed by atoms with van der Waals surface area (Å²) in [5.74, 6) is 0. The van der Waals surface area contributed by atoms with Crippen LogP contribution < -0.4 is 0 Å². The number of carbonyl (C=O) groups is 7. The van der Waals surface area contributed by atoms with Crippen molar-refractivity contribution in [3.63, 3.8) is 0 Å². The molecule has 0 aliphatic carbocycles. The number of fused-ring (bicyclic) bond motifs is 4. The topological polar surface area (TPSA) is 151 Å². The molecule has 0 spiro atoms. The van der Waals surface area contributed by atoms with Crippen LogP contribution >= 0.6 is 0 Å². The van der Waals surface area contributed by atoms with Crippen LogP contribution in [0.4, 0.5) is 0 Å². The lowest BCUT2D eigenvalue weighted by molar-refractivity contribution is -0.106. The predicted octanol–water partition coefficient (Wildman–Crippen LogP) is 42.0. The lowest BCUT2D eigenvalue weighted by Crippen LogP contribution is -2.03. The summed E-state index contributed by atoms with van der Waals surface area (Å²) in [6.45, 7) is 108. The van der Waals surface area contributed by atoms with Gasteiger partial charge in [-0.3, -0.25) is 0 Å². The quantitative estimate of drug-likeness (QED) is 0.0936. The van der Waals surface area contributed by atoms with Crippen LogP contribution in [0.25, 0.3) is 43.1 Å². The Hall–Kier alpha value is -12.5. The second-order valence-electron chi connectivity index (χ2n) is 29.2. The van der Waals surface area contributed by atoms with Gasteiger partial charge in [0.25, 0.3) is 0 Å². The molecule has 0 aliphatic heterocycles. The third kappa shape index (κ3) is 121. The SMILES string of the molecule is CC.CC.CC.CC.CC.CC.CC.CC.CC.CC.CC.CC.CC.CC(C)=NN(C)C.CC(C)=NN(C)C.CC=O.CC=O.CC=O.CC=O.CC=O.CC=O.CC=O.Cc1ccc(C)c2ccccc12.Cc1ccc(C)c2ccccc12.Cc1ccc(C)cc1.Cc1ccc(C)cc1.Cc1ccc2cc(C)ccc2c1.Cc1cccc(C)c1.Cc1cccc2c(C)cccc12.Cc1ccccc1C.Cc1ccccc1C. The highest BCUT2D eigenvalue weighted by Crippen LogP contribution is 2.24. The number of hydrazone groups is 2. The fraction of sp³-hybridized carbons (Fsp3) is 0.428. The minimum atomic E-state index is 0.750. The average molecular weight is 2060 g/mol. The van der Waals surface area contributed by atoms with Gasteiger partial charge in [-0.2, -0.15) is 10.2 Å². The number of aldehydes is 7. The van der Waals surface area contributed by atoms with Crippen molar-refractivity contribution in [3.05, 3.63) is 367 Å². The molecule has 13 rings (SSSR count). The van der Waals surface area contributed by atoms with E-state index in [2.05, 4.69) is 402 Å².